The van der Waals surface area contributed by atoms with Gasteiger partial charge in [-0.3, -0.25) is 4.79 Å². The normalized spacial score (nSPS) is 20.9. The number of rotatable bonds is 5. The number of imidazole rings is 1. The summed E-state index contributed by atoms with van der Waals surface area (Å²) in [5.74, 6) is 0.738. The molecule has 0 saturated heterocycles. The van der Waals surface area contributed by atoms with E-state index in [0.717, 1.165) is 23.4 Å². The second-order valence-corrected chi connectivity index (χ2v) is 8.07. The van der Waals surface area contributed by atoms with E-state index in [4.69, 9.17) is 6.57 Å². The van der Waals surface area contributed by atoms with Gasteiger partial charge in [-0.25, -0.2) is 9.83 Å². The molecule has 2 heterocycles. The largest absolute Gasteiger partial charge is 0.334 e. The van der Waals surface area contributed by atoms with Crippen molar-refractivity contribution in [3.63, 3.8) is 0 Å². The van der Waals surface area contributed by atoms with E-state index in [9.17, 15) is 4.79 Å². The van der Waals surface area contributed by atoms with Gasteiger partial charge in [-0.1, -0.05) is 54.6 Å². The van der Waals surface area contributed by atoms with Crippen molar-refractivity contribution in [3.05, 3.63) is 95.4 Å². The minimum absolute atomic E-state index is 0.120. The topological polar surface area (TPSA) is 42.5 Å². The Morgan fingerprint density at radius 1 is 1.10 bits per heavy atom. The van der Waals surface area contributed by atoms with Gasteiger partial charge in [0.05, 0.1) is 25.1 Å². The molecule has 3 aromatic rings. The summed E-state index contributed by atoms with van der Waals surface area (Å²) in [6, 6.07) is 17.6. The third-order valence-corrected chi connectivity index (χ3v) is 6.07. The molecule has 1 amide bonds. The van der Waals surface area contributed by atoms with Gasteiger partial charge in [-0.15, -0.1) is 0 Å². The average molecular weight is 382 g/mol. The molecule has 5 nitrogen and oxygen atoms in total. The Labute approximate surface area is 170 Å². The van der Waals surface area contributed by atoms with Crippen molar-refractivity contribution in [1.29, 1.82) is 0 Å². The van der Waals surface area contributed by atoms with Crippen molar-refractivity contribution < 1.29 is 4.79 Å². The van der Waals surface area contributed by atoms with Gasteiger partial charge in [0.25, 0.3) is 5.91 Å². The molecule has 0 bridgehead atoms. The maximum absolute atomic E-state index is 14.0. The van der Waals surface area contributed by atoms with E-state index < -0.39 is 5.54 Å². The zero-order valence-electron chi connectivity index (χ0n) is 16.2. The molecule has 1 saturated carbocycles. The lowest BCUT2D eigenvalue weighted by atomic mass is 9.80. The minimum Gasteiger partial charge on any atom is -0.334 e. The molecular weight excluding hydrogens is 360 g/mol. The van der Waals surface area contributed by atoms with Gasteiger partial charge in [0.1, 0.15) is 0 Å². The summed E-state index contributed by atoms with van der Waals surface area (Å²) < 4.78 is 2.05. The summed E-state index contributed by atoms with van der Waals surface area (Å²) >= 11 is 0. The number of carbonyl (C=O) groups is 1. The average Bonchev–Trinajstić information content (AvgIpc) is 3.45. The maximum Gasteiger partial charge on any atom is 0.254 e. The highest BCUT2D eigenvalue weighted by Gasteiger charge is 2.49. The molecule has 1 unspecified atom stereocenters. The SMILES string of the molecule is [C-]#[N+]c1ccc(C2(Cc3ccccc3)C(=O)N(CC3CC3)Cc3cncn32)cc1. The van der Waals surface area contributed by atoms with Crippen LogP contribution in [0.4, 0.5) is 5.69 Å². The predicted octanol–water partition coefficient (Wildman–Crippen LogP) is 4.17. The van der Waals surface area contributed by atoms with Crippen LogP contribution < -0.4 is 0 Å². The lowest BCUT2D eigenvalue weighted by Gasteiger charge is -2.44. The van der Waals surface area contributed by atoms with Gasteiger partial charge in [0.2, 0.25) is 0 Å². The Morgan fingerprint density at radius 3 is 2.55 bits per heavy atom. The summed E-state index contributed by atoms with van der Waals surface area (Å²) in [5.41, 5.74) is 2.74. The summed E-state index contributed by atoms with van der Waals surface area (Å²) in [6.07, 6.45) is 6.62. The van der Waals surface area contributed by atoms with Crippen LogP contribution in [0, 0.1) is 12.5 Å². The smallest absolute Gasteiger partial charge is 0.254 e. The molecule has 144 valence electrons. The summed E-state index contributed by atoms with van der Waals surface area (Å²) in [7, 11) is 0. The van der Waals surface area contributed by atoms with Crippen LogP contribution in [0.2, 0.25) is 0 Å². The second-order valence-electron chi connectivity index (χ2n) is 8.07. The molecule has 29 heavy (non-hydrogen) atoms. The number of benzene rings is 2. The van der Waals surface area contributed by atoms with Crippen molar-refractivity contribution in [2.75, 3.05) is 6.54 Å². The van der Waals surface area contributed by atoms with Crippen molar-refractivity contribution >= 4 is 11.6 Å². The van der Waals surface area contributed by atoms with Gasteiger partial charge >= 0.3 is 0 Å². The van der Waals surface area contributed by atoms with Crippen LogP contribution in [0.25, 0.3) is 4.85 Å². The monoisotopic (exact) mass is 382 g/mol. The Bertz CT molecular complexity index is 1080. The van der Waals surface area contributed by atoms with E-state index >= 15 is 0 Å². The number of hydrogen-bond acceptors (Lipinski definition) is 2. The van der Waals surface area contributed by atoms with Crippen LogP contribution in [0.5, 0.6) is 0 Å². The van der Waals surface area contributed by atoms with Crippen LogP contribution in [-0.4, -0.2) is 26.9 Å². The lowest BCUT2D eigenvalue weighted by Crippen LogP contribution is -2.57. The number of hydrogen-bond donors (Lipinski definition) is 0. The summed E-state index contributed by atoms with van der Waals surface area (Å²) in [5, 5.41) is 0. The van der Waals surface area contributed by atoms with E-state index in [0.29, 0.717) is 24.6 Å². The van der Waals surface area contributed by atoms with Crippen LogP contribution in [0.1, 0.15) is 29.7 Å². The Morgan fingerprint density at radius 2 is 1.86 bits per heavy atom. The standard InChI is InChI=1S/C24H22N4O/c1-25-21-11-9-20(10-12-21)24(13-18-5-3-2-4-6-18)23(29)27(15-19-7-8-19)16-22-14-26-17-28(22)24/h2-6,9-12,14,17,19H,7-8,13,15-16H2. The molecule has 1 fully saturated rings. The van der Waals surface area contributed by atoms with E-state index in [1.807, 2.05) is 41.4 Å². The van der Waals surface area contributed by atoms with Gasteiger partial charge in [-0.2, -0.15) is 0 Å². The van der Waals surface area contributed by atoms with Crippen LogP contribution >= 0.6 is 0 Å². The van der Waals surface area contributed by atoms with E-state index in [2.05, 4.69) is 26.5 Å². The minimum atomic E-state index is -0.888. The highest BCUT2D eigenvalue weighted by atomic mass is 16.2. The van der Waals surface area contributed by atoms with Crippen molar-refractivity contribution in [2.24, 2.45) is 5.92 Å². The Balaban J connectivity index is 1.69. The molecular formula is C24H22N4O. The quantitative estimate of drug-likeness (QED) is 0.622. The van der Waals surface area contributed by atoms with Crippen molar-refractivity contribution in [2.45, 2.75) is 31.3 Å². The second kappa shape index (κ2) is 6.89. The summed E-state index contributed by atoms with van der Waals surface area (Å²) in [4.78, 5) is 24.0. The molecule has 1 aliphatic heterocycles. The highest BCUT2D eigenvalue weighted by Crippen LogP contribution is 2.40. The van der Waals surface area contributed by atoms with Crippen molar-refractivity contribution in [3.8, 4) is 0 Å². The fourth-order valence-corrected chi connectivity index (χ4v) is 4.40. The van der Waals surface area contributed by atoms with Gasteiger partial charge in [0.15, 0.2) is 11.2 Å². The molecule has 2 aliphatic rings. The fraction of sp³-hybridized carbons (Fsp3) is 0.292. The van der Waals surface area contributed by atoms with Gasteiger partial charge in [-0.05, 0) is 29.9 Å². The first kappa shape index (κ1) is 17.7. The predicted molar refractivity (Wildman–Crippen MR) is 110 cm³/mol. The molecule has 1 aromatic heterocycles. The van der Waals surface area contributed by atoms with Crippen molar-refractivity contribution in [1.82, 2.24) is 14.5 Å². The molecule has 0 spiro atoms. The Hall–Kier alpha value is -3.39. The van der Waals surface area contributed by atoms with Crippen LogP contribution in [0.15, 0.2) is 67.1 Å². The molecule has 1 atom stereocenters. The zero-order valence-corrected chi connectivity index (χ0v) is 16.2. The molecule has 0 N–H and O–H groups in total. The first-order chi connectivity index (χ1) is 14.2. The molecule has 1 aliphatic carbocycles. The highest BCUT2D eigenvalue weighted by molar-refractivity contribution is 5.90. The van der Waals surface area contributed by atoms with E-state index in [1.54, 1.807) is 18.5 Å². The van der Waals surface area contributed by atoms with Gasteiger partial charge < -0.3 is 9.47 Å². The fourth-order valence-electron chi connectivity index (χ4n) is 4.40. The van der Waals surface area contributed by atoms with E-state index in [1.165, 1.54) is 12.8 Å². The first-order valence-electron chi connectivity index (χ1n) is 10.0. The molecule has 2 aromatic carbocycles. The van der Waals surface area contributed by atoms with Crippen LogP contribution in [-0.2, 0) is 23.3 Å². The Kier molecular flexibility index (Phi) is 4.21. The number of fused-ring (bicyclic) bond motifs is 1. The van der Waals surface area contributed by atoms with Gasteiger partial charge in [0, 0.05) is 19.2 Å². The third kappa shape index (κ3) is 3.01. The summed E-state index contributed by atoms with van der Waals surface area (Å²) in [6.45, 7) is 8.68. The third-order valence-electron chi connectivity index (χ3n) is 6.07. The molecule has 0 radical (unpaired) electrons. The molecule has 5 rings (SSSR count). The first-order valence-corrected chi connectivity index (χ1v) is 10.0. The number of carbonyl (C=O) groups excluding carboxylic acids is 1. The lowest BCUT2D eigenvalue weighted by molar-refractivity contribution is -0.142. The maximum atomic E-state index is 14.0. The number of amides is 1. The zero-order chi connectivity index (χ0) is 19.8. The number of aromatic nitrogens is 2. The molecule has 5 heteroatoms. The van der Waals surface area contributed by atoms with E-state index in [-0.39, 0.29) is 5.91 Å². The number of nitrogens with zero attached hydrogens (tertiary/aromatic N) is 4. The van der Waals surface area contributed by atoms with Crippen LogP contribution in [0.3, 0.4) is 0 Å².